The van der Waals surface area contributed by atoms with E-state index in [1.807, 2.05) is 0 Å². The highest BCUT2D eigenvalue weighted by molar-refractivity contribution is 7.88. The van der Waals surface area contributed by atoms with Crippen molar-refractivity contribution in [1.82, 2.24) is 9.21 Å². The molecule has 0 bridgehead atoms. The molecule has 2 aliphatic rings. The lowest BCUT2D eigenvalue weighted by Gasteiger charge is -2.23. The van der Waals surface area contributed by atoms with Crippen LogP contribution in [0.25, 0.3) is 0 Å². The molecule has 0 spiro atoms. The first-order valence-electron chi connectivity index (χ1n) is 4.91. The van der Waals surface area contributed by atoms with Crippen LogP contribution < -0.4 is 0 Å². The fourth-order valence-corrected chi connectivity index (χ4v) is 2.98. The third kappa shape index (κ3) is 1.99. The predicted molar refractivity (Wildman–Crippen MR) is 55.5 cm³/mol. The molecule has 1 atom stereocenters. The Balaban J connectivity index is 1.95. The fraction of sp³-hybridized carbons (Fsp3) is 0.778. The van der Waals surface area contributed by atoms with Crippen molar-refractivity contribution < 1.29 is 8.42 Å². The van der Waals surface area contributed by atoms with Crippen molar-refractivity contribution in [3.8, 4) is 0 Å². The summed E-state index contributed by atoms with van der Waals surface area (Å²) in [6.45, 7) is 3.30. The van der Waals surface area contributed by atoms with Gasteiger partial charge in [-0.3, -0.25) is 4.90 Å². The molecule has 4 nitrogen and oxygen atoms in total. The standard InChI is InChI=1S/C9H16N2O2S/c1-14(12,13)11-7-4-9(8-11)10-5-2-3-6-10/h2-3,9H,4-8H2,1H3. The summed E-state index contributed by atoms with van der Waals surface area (Å²) >= 11 is 0. The summed E-state index contributed by atoms with van der Waals surface area (Å²) < 4.78 is 24.2. The zero-order valence-corrected chi connectivity index (χ0v) is 9.20. The van der Waals surface area contributed by atoms with E-state index < -0.39 is 10.0 Å². The Morgan fingerprint density at radius 1 is 1.29 bits per heavy atom. The minimum absolute atomic E-state index is 0.416. The number of sulfonamides is 1. The highest BCUT2D eigenvalue weighted by atomic mass is 32.2. The third-order valence-corrected chi connectivity index (χ3v) is 4.23. The molecule has 80 valence electrons. The summed E-state index contributed by atoms with van der Waals surface area (Å²) in [5.74, 6) is 0. The SMILES string of the molecule is CS(=O)(=O)N1CCC(N2CC=CC2)C1. The van der Waals surface area contributed by atoms with E-state index in [2.05, 4.69) is 17.1 Å². The lowest BCUT2D eigenvalue weighted by atomic mass is 10.2. The summed E-state index contributed by atoms with van der Waals surface area (Å²) in [6, 6.07) is 0.416. The van der Waals surface area contributed by atoms with Crippen molar-refractivity contribution in [2.45, 2.75) is 12.5 Å². The van der Waals surface area contributed by atoms with Crippen molar-refractivity contribution in [2.75, 3.05) is 32.4 Å². The first kappa shape index (κ1) is 10.1. The molecular weight excluding hydrogens is 200 g/mol. The smallest absolute Gasteiger partial charge is 0.211 e. The minimum Gasteiger partial charge on any atom is -0.292 e. The Labute approximate surface area is 85.2 Å². The predicted octanol–water partition coefficient (Wildman–Crippen LogP) is -0.108. The normalized spacial score (nSPS) is 30.2. The molecule has 0 aromatic carbocycles. The summed E-state index contributed by atoms with van der Waals surface area (Å²) in [6.07, 6.45) is 6.54. The van der Waals surface area contributed by atoms with Gasteiger partial charge < -0.3 is 0 Å². The molecule has 2 heterocycles. The van der Waals surface area contributed by atoms with Crippen molar-refractivity contribution in [1.29, 1.82) is 0 Å². The quantitative estimate of drug-likeness (QED) is 0.605. The van der Waals surface area contributed by atoms with E-state index in [0.29, 0.717) is 19.1 Å². The van der Waals surface area contributed by atoms with Crippen LogP contribution in [0.15, 0.2) is 12.2 Å². The van der Waals surface area contributed by atoms with Crippen LogP contribution in [0.4, 0.5) is 0 Å². The molecule has 0 radical (unpaired) electrons. The van der Waals surface area contributed by atoms with Gasteiger partial charge in [0.05, 0.1) is 6.26 Å². The van der Waals surface area contributed by atoms with Crippen LogP contribution in [0.3, 0.4) is 0 Å². The van der Waals surface area contributed by atoms with E-state index in [-0.39, 0.29) is 0 Å². The molecule has 0 N–H and O–H groups in total. The third-order valence-electron chi connectivity index (χ3n) is 2.96. The molecule has 0 aromatic heterocycles. The van der Waals surface area contributed by atoms with Gasteiger partial charge in [-0.15, -0.1) is 0 Å². The fourth-order valence-electron chi connectivity index (χ4n) is 2.10. The Kier molecular flexibility index (Phi) is 2.64. The zero-order valence-electron chi connectivity index (χ0n) is 8.39. The molecule has 5 heteroatoms. The maximum atomic E-state index is 11.3. The molecule has 0 saturated carbocycles. The molecule has 1 unspecified atom stereocenters. The minimum atomic E-state index is -2.98. The van der Waals surface area contributed by atoms with Gasteiger partial charge in [0, 0.05) is 32.2 Å². The first-order valence-corrected chi connectivity index (χ1v) is 6.76. The Hall–Kier alpha value is -0.390. The number of rotatable bonds is 2. The molecule has 14 heavy (non-hydrogen) atoms. The molecule has 2 rings (SSSR count). The average molecular weight is 216 g/mol. The van der Waals surface area contributed by atoms with Crippen LogP contribution in [0.5, 0.6) is 0 Å². The molecule has 0 aliphatic carbocycles. The Morgan fingerprint density at radius 3 is 2.43 bits per heavy atom. The largest absolute Gasteiger partial charge is 0.292 e. The highest BCUT2D eigenvalue weighted by Crippen LogP contribution is 2.19. The van der Waals surface area contributed by atoms with Gasteiger partial charge in [-0.2, -0.15) is 0 Å². The maximum Gasteiger partial charge on any atom is 0.211 e. The molecule has 1 saturated heterocycles. The van der Waals surface area contributed by atoms with Crippen LogP contribution >= 0.6 is 0 Å². The van der Waals surface area contributed by atoms with Gasteiger partial charge >= 0.3 is 0 Å². The van der Waals surface area contributed by atoms with E-state index in [1.54, 1.807) is 4.31 Å². The summed E-state index contributed by atoms with van der Waals surface area (Å²) in [5, 5.41) is 0. The topological polar surface area (TPSA) is 40.6 Å². The zero-order chi connectivity index (χ0) is 10.2. The van der Waals surface area contributed by atoms with E-state index in [4.69, 9.17) is 0 Å². The lowest BCUT2D eigenvalue weighted by Crippen LogP contribution is -2.37. The van der Waals surface area contributed by atoms with E-state index in [0.717, 1.165) is 19.5 Å². The van der Waals surface area contributed by atoms with Gasteiger partial charge in [0.2, 0.25) is 10.0 Å². The Bertz CT molecular complexity index is 329. The Morgan fingerprint density at radius 2 is 1.93 bits per heavy atom. The molecule has 1 fully saturated rings. The van der Waals surface area contributed by atoms with Crippen LogP contribution in [0, 0.1) is 0 Å². The van der Waals surface area contributed by atoms with Gasteiger partial charge in [-0.1, -0.05) is 12.2 Å². The molecule has 2 aliphatic heterocycles. The highest BCUT2D eigenvalue weighted by Gasteiger charge is 2.32. The van der Waals surface area contributed by atoms with E-state index >= 15 is 0 Å². The second-order valence-corrected chi connectivity index (χ2v) is 5.97. The van der Waals surface area contributed by atoms with Crippen molar-refractivity contribution >= 4 is 10.0 Å². The lowest BCUT2D eigenvalue weighted by molar-refractivity contribution is 0.261. The molecule has 0 amide bonds. The number of nitrogens with zero attached hydrogens (tertiary/aromatic N) is 2. The van der Waals surface area contributed by atoms with E-state index in [9.17, 15) is 8.42 Å². The van der Waals surface area contributed by atoms with Crippen LogP contribution in [-0.4, -0.2) is 56.1 Å². The molecule has 0 aromatic rings. The molecular formula is C9H16N2O2S. The van der Waals surface area contributed by atoms with Gasteiger partial charge in [0.15, 0.2) is 0 Å². The van der Waals surface area contributed by atoms with Crippen molar-refractivity contribution in [2.24, 2.45) is 0 Å². The van der Waals surface area contributed by atoms with Crippen LogP contribution in [0.1, 0.15) is 6.42 Å². The maximum absolute atomic E-state index is 11.3. The van der Waals surface area contributed by atoms with E-state index in [1.165, 1.54) is 6.26 Å². The second-order valence-electron chi connectivity index (χ2n) is 3.99. The van der Waals surface area contributed by atoms with Gasteiger partial charge in [-0.25, -0.2) is 12.7 Å². The summed E-state index contributed by atoms with van der Waals surface area (Å²) in [7, 11) is -2.98. The average Bonchev–Trinajstić information content (AvgIpc) is 2.73. The van der Waals surface area contributed by atoms with Gasteiger partial charge in [0.25, 0.3) is 0 Å². The van der Waals surface area contributed by atoms with Gasteiger partial charge in [-0.05, 0) is 6.42 Å². The monoisotopic (exact) mass is 216 g/mol. The van der Waals surface area contributed by atoms with Crippen molar-refractivity contribution in [3.63, 3.8) is 0 Å². The second kappa shape index (κ2) is 3.64. The summed E-state index contributed by atoms with van der Waals surface area (Å²) in [4.78, 5) is 2.32. The van der Waals surface area contributed by atoms with Crippen LogP contribution in [-0.2, 0) is 10.0 Å². The van der Waals surface area contributed by atoms with Crippen LogP contribution in [0.2, 0.25) is 0 Å². The number of hydrogen-bond donors (Lipinski definition) is 0. The van der Waals surface area contributed by atoms with Crippen molar-refractivity contribution in [3.05, 3.63) is 12.2 Å². The summed E-state index contributed by atoms with van der Waals surface area (Å²) in [5.41, 5.74) is 0. The number of hydrogen-bond acceptors (Lipinski definition) is 3. The van der Waals surface area contributed by atoms with Gasteiger partial charge in [0.1, 0.15) is 0 Å². The first-order chi connectivity index (χ1) is 6.57.